The van der Waals surface area contributed by atoms with Crippen molar-refractivity contribution in [2.24, 2.45) is 0 Å². The number of rotatable bonds is 7. The van der Waals surface area contributed by atoms with Gasteiger partial charge in [0.05, 0.1) is 24.8 Å². The molecule has 164 valence electrons. The summed E-state index contributed by atoms with van der Waals surface area (Å²) >= 11 is 1.47. The van der Waals surface area contributed by atoms with E-state index in [4.69, 9.17) is 4.74 Å². The summed E-state index contributed by atoms with van der Waals surface area (Å²) in [6, 6.07) is 15.2. The van der Waals surface area contributed by atoms with E-state index in [1.54, 1.807) is 24.3 Å². The van der Waals surface area contributed by atoms with Crippen LogP contribution in [0.2, 0.25) is 0 Å². The fourth-order valence-corrected chi connectivity index (χ4v) is 4.39. The van der Waals surface area contributed by atoms with Crippen molar-refractivity contribution in [1.82, 2.24) is 4.90 Å². The van der Waals surface area contributed by atoms with Gasteiger partial charge in [0.2, 0.25) is 0 Å². The molecule has 0 aliphatic carbocycles. The van der Waals surface area contributed by atoms with Gasteiger partial charge >= 0.3 is 0 Å². The summed E-state index contributed by atoms with van der Waals surface area (Å²) in [5, 5.41) is 13.0. The third kappa shape index (κ3) is 4.29. The van der Waals surface area contributed by atoms with Crippen molar-refractivity contribution in [3.8, 4) is 5.75 Å². The summed E-state index contributed by atoms with van der Waals surface area (Å²) in [5.74, 6) is -1.51. The molecule has 5 nitrogen and oxygen atoms in total. The zero-order chi connectivity index (χ0) is 22.7. The number of carbonyl (C=O) groups excluding carboxylic acids is 2. The van der Waals surface area contributed by atoms with Crippen molar-refractivity contribution < 1.29 is 23.8 Å². The van der Waals surface area contributed by atoms with Crippen LogP contribution in [0.5, 0.6) is 5.75 Å². The molecule has 7 heteroatoms. The standard InChI is InChI=1S/C25H22FNO4S/c1-2-13-31-19-11-7-17(8-12-19)23(28)21-22(16-5-9-18(26)10-6-16)27(25(30)24(21)29)15-20-4-3-14-32-20/h3-12,14,22,28H,2,13,15H2,1H3/b23-21-. The lowest BCUT2D eigenvalue weighted by Crippen LogP contribution is -2.28. The highest BCUT2D eigenvalue weighted by Gasteiger charge is 2.46. The maximum Gasteiger partial charge on any atom is 0.295 e. The van der Waals surface area contributed by atoms with Gasteiger partial charge in [0.1, 0.15) is 17.3 Å². The molecule has 0 spiro atoms. The van der Waals surface area contributed by atoms with Gasteiger partial charge in [0.25, 0.3) is 11.7 Å². The molecule has 1 saturated heterocycles. The predicted molar refractivity (Wildman–Crippen MR) is 121 cm³/mol. The predicted octanol–water partition coefficient (Wildman–Crippen LogP) is 5.30. The lowest BCUT2D eigenvalue weighted by molar-refractivity contribution is -0.140. The van der Waals surface area contributed by atoms with Gasteiger partial charge in [-0.3, -0.25) is 9.59 Å². The van der Waals surface area contributed by atoms with E-state index >= 15 is 0 Å². The van der Waals surface area contributed by atoms with Crippen LogP contribution in [0.4, 0.5) is 4.39 Å². The third-order valence-electron chi connectivity index (χ3n) is 5.23. The normalized spacial score (nSPS) is 17.7. The van der Waals surface area contributed by atoms with E-state index in [1.807, 2.05) is 24.4 Å². The zero-order valence-corrected chi connectivity index (χ0v) is 18.3. The smallest absolute Gasteiger partial charge is 0.295 e. The number of ketones is 1. The molecule has 1 atom stereocenters. The van der Waals surface area contributed by atoms with E-state index in [0.717, 1.165) is 11.3 Å². The quantitative estimate of drug-likeness (QED) is 0.301. The first-order chi connectivity index (χ1) is 15.5. The van der Waals surface area contributed by atoms with Crippen LogP contribution in [-0.2, 0) is 16.1 Å². The van der Waals surface area contributed by atoms with E-state index in [-0.39, 0.29) is 17.9 Å². The number of nitrogens with zero attached hydrogens (tertiary/aromatic N) is 1. The average molecular weight is 452 g/mol. The number of likely N-dealkylation sites (tertiary alicyclic amines) is 1. The number of ether oxygens (including phenoxy) is 1. The average Bonchev–Trinajstić information content (AvgIpc) is 3.41. The minimum atomic E-state index is -0.825. The lowest BCUT2D eigenvalue weighted by Gasteiger charge is -2.25. The molecule has 0 bridgehead atoms. The monoisotopic (exact) mass is 451 g/mol. The molecule has 0 radical (unpaired) electrons. The number of amides is 1. The number of benzene rings is 2. The summed E-state index contributed by atoms with van der Waals surface area (Å²) in [6.07, 6.45) is 0.868. The van der Waals surface area contributed by atoms with Crippen LogP contribution in [0.15, 0.2) is 71.6 Å². The van der Waals surface area contributed by atoms with Crippen LogP contribution in [0.25, 0.3) is 5.76 Å². The van der Waals surface area contributed by atoms with Crippen LogP contribution in [0.3, 0.4) is 0 Å². The van der Waals surface area contributed by atoms with Gasteiger partial charge in [-0.25, -0.2) is 4.39 Å². The molecule has 2 aromatic carbocycles. The number of thiophene rings is 1. The molecule has 1 N–H and O–H groups in total. The van der Waals surface area contributed by atoms with E-state index in [9.17, 15) is 19.1 Å². The van der Waals surface area contributed by atoms with Crippen molar-refractivity contribution in [2.45, 2.75) is 25.9 Å². The van der Waals surface area contributed by atoms with Gasteiger partial charge in [-0.15, -0.1) is 11.3 Å². The Morgan fingerprint density at radius 2 is 1.81 bits per heavy atom. The van der Waals surface area contributed by atoms with Gasteiger partial charge in [-0.05, 0) is 59.8 Å². The first-order valence-corrected chi connectivity index (χ1v) is 11.2. The maximum absolute atomic E-state index is 13.6. The van der Waals surface area contributed by atoms with Gasteiger partial charge < -0.3 is 14.7 Å². The zero-order valence-electron chi connectivity index (χ0n) is 17.5. The number of hydrogen-bond acceptors (Lipinski definition) is 5. The molecule has 32 heavy (non-hydrogen) atoms. The van der Waals surface area contributed by atoms with Crippen LogP contribution >= 0.6 is 11.3 Å². The Hall–Kier alpha value is -3.45. The minimum Gasteiger partial charge on any atom is -0.507 e. The first-order valence-electron chi connectivity index (χ1n) is 10.3. The van der Waals surface area contributed by atoms with Crippen LogP contribution < -0.4 is 4.74 Å². The molecule has 3 aromatic rings. The molecule has 1 unspecified atom stereocenters. The van der Waals surface area contributed by atoms with E-state index in [2.05, 4.69) is 0 Å². The number of aliphatic hydroxyl groups excluding tert-OH is 1. The molecule has 0 saturated carbocycles. The first kappa shape index (κ1) is 21.8. The summed E-state index contributed by atoms with van der Waals surface area (Å²) < 4.78 is 19.1. The molecule has 2 heterocycles. The van der Waals surface area contributed by atoms with Crippen LogP contribution in [0, 0.1) is 5.82 Å². The second-order valence-corrected chi connectivity index (χ2v) is 8.46. The SMILES string of the molecule is CCCOc1ccc(/C(O)=C2/C(=O)C(=O)N(Cc3cccs3)C2c2ccc(F)cc2)cc1. The highest BCUT2D eigenvalue weighted by Crippen LogP contribution is 2.40. The van der Waals surface area contributed by atoms with Gasteiger partial charge in [0.15, 0.2) is 0 Å². The van der Waals surface area contributed by atoms with Crippen LogP contribution in [0.1, 0.15) is 35.4 Å². The topological polar surface area (TPSA) is 66.8 Å². The Kier molecular flexibility index (Phi) is 6.37. The minimum absolute atomic E-state index is 0.0135. The second kappa shape index (κ2) is 9.36. The molecule has 1 fully saturated rings. The van der Waals surface area contributed by atoms with Crippen molar-refractivity contribution in [3.63, 3.8) is 0 Å². The number of aliphatic hydroxyl groups is 1. The highest BCUT2D eigenvalue weighted by molar-refractivity contribution is 7.09. The Morgan fingerprint density at radius 3 is 2.44 bits per heavy atom. The molecular formula is C25H22FNO4S. The highest BCUT2D eigenvalue weighted by atomic mass is 32.1. The van der Waals surface area contributed by atoms with Gasteiger partial charge in [0, 0.05) is 10.4 Å². The van der Waals surface area contributed by atoms with Crippen molar-refractivity contribution in [1.29, 1.82) is 0 Å². The molecule has 1 aliphatic heterocycles. The number of carbonyl (C=O) groups is 2. The maximum atomic E-state index is 13.6. The van der Waals surface area contributed by atoms with Crippen molar-refractivity contribution in [3.05, 3.63) is 93.4 Å². The molecule has 1 amide bonds. The van der Waals surface area contributed by atoms with Gasteiger partial charge in [-0.1, -0.05) is 25.1 Å². The summed E-state index contributed by atoms with van der Waals surface area (Å²) in [4.78, 5) is 28.3. The van der Waals surface area contributed by atoms with Crippen LogP contribution in [-0.4, -0.2) is 28.3 Å². The van der Waals surface area contributed by atoms with E-state index in [0.29, 0.717) is 23.5 Å². The summed E-state index contributed by atoms with van der Waals surface area (Å²) in [7, 11) is 0. The van der Waals surface area contributed by atoms with Crippen molar-refractivity contribution in [2.75, 3.05) is 6.61 Å². The Bertz CT molecular complexity index is 1140. The lowest BCUT2D eigenvalue weighted by atomic mass is 9.95. The molecule has 1 aromatic heterocycles. The van der Waals surface area contributed by atoms with Crippen molar-refractivity contribution >= 4 is 28.8 Å². The number of hydrogen-bond donors (Lipinski definition) is 1. The fourth-order valence-electron chi connectivity index (χ4n) is 3.69. The molecule has 4 rings (SSSR count). The Labute approximate surface area is 189 Å². The van der Waals surface area contributed by atoms with E-state index < -0.39 is 23.5 Å². The fraction of sp³-hybridized carbons (Fsp3) is 0.200. The third-order valence-corrected chi connectivity index (χ3v) is 6.09. The number of halogens is 1. The van der Waals surface area contributed by atoms with E-state index in [1.165, 1.54) is 40.5 Å². The number of Topliss-reactive ketones (excluding diaryl/α,β-unsaturated/α-hetero) is 1. The second-order valence-electron chi connectivity index (χ2n) is 7.43. The Balaban J connectivity index is 1.77. The molecule has 1 aliphatic rings. The summed E-state index contributed by atoms with van der Waals surface area (Å²) in [5.41, 5.74) is 0.932. The van der Waals surface area contributed by atoms with Gasteiger partial charge in [-0.2, -0.15) is 0 Å². The Morgan fingerprint density at radius 1 is 1.09 bits per heavy atom. The summed E-state index contributed by atoms with van der Waals surface area (Å²) in [6.45, 7) is 2.79. The largest absolute Gasteiger partial charge is 0.507 e. The molecular weight excluding hydrogens is 429 g/mol.